The lowest BCUT2D eigenvalue weighted by atomic mass is 10.1. The third kappa shape index (κ3) is 3.53. The Labute approximate surface area is 139 Å². The van der Waals surface area contributed by atoms with Crippen molar-refractivity contribution in [3.05, 3.63) is 29.8 Å². The van der Waals surface area contributed by atoms with Gasteiger partial charge in [-0.25, -0.2) is 8.42 Å². The van der Waals surface area contributed by atoms with E-state index in [0.29, 0.717) is 11.7 Å². The van der Waals surface area contributed by atoms with Crippen LogP contribution in [0.4, 0.5) is 0 Å². The van der Waals surface area contributed by atoms with E-state index in [4.69, 9.17) is 4.74 Å². The van der Waals surface area contributed by atoms with Crippen LogP contribution in [0.3, 0.4) is 0 Å². The van der Waals surface area contributed by atoms with Crippen LogP contribution in [0.5, 0.6) is 5.75 Å². The van der Waals surface area contributed by atoms with Crippen molar-refractivity contribution in [3.63, 3.8) is 0 Å². The third-order valence-corrected chi connectivity index (χ3v) is 7.16. The Morgan fingerprint density at radius 3 is 2.91 bits per heavy atom. The van der Waals surface area contributed by atoms with Gasteiger partial charge < -0.3 is 9.64 Å². The summed E-state index contributed by atoms with van der Waals surface area (Å²) in [5, 5.41) is 0.564. The molecule has 23 heavy (non-hydrogen) atoms. The van der Waals surface area contributed by atoms with Crippen molar-refractivity contribution in [2.45, 2.75) is 24.8 Å². The van der Waals surface area contributed by atoms with Gasteiger partial charge in [-0.2, -0.15) is 4.99 Å². The van der Waals surface area contributed by atoms with Crippen molar-refractivity contribution in [3.8, 4) is 5.75 Å². The standard InChI is InChI=1S/C15H18N2O4S2/c1-10(18)16-15-17(7-11-4-3-5-12(6-11)21-2)13-8-23(19,20)9-14(13)22-15/h3-6,13-14H,7-9H2,1-2H3/t13-,14+/m1/s1. The summed E-state index contributed by atoms with van der Waals surface area (Å²) in [7, 11) is -1.42. The number of carbonyl (C=O) groups is 1. The number of hydrogen-bond acceptors (Lipinski definition) is 5. The maximum Gasteiger partial charge on any atom is 0.244 e. The van der Waals surface area contributed by atoms with Crippen molar-refractivity contribution in [2.75, 3.05) is 18.6 Å². The van der Waals surface area contributed by atoms with Gasteiger partial charge in [-0.05, 0) is 17.7 Å². The molecule has 0 aliphatic carbocycles. The quantitative estimate of drug-likeness (QED) is 0.815. The maximum atomic E-state index is 11.9. The second kappa shape index (κ2) is 6.16. The minimum absolute atomic E-state index is 0.0521. The molecule has 1 aromatic rings. The highest BCUT2D eigenvalue weighted by molar-refractivity contribution is 8.15. The maximum absolute atomic E-state index is 11.9. The van der Waals surface area contributed by atoms with E-state index in [0.717, 1.165) is 11.3 Å². The molecule has 0 radical (unpaired) electrons. The minimum atomic E-state index is -3.02. The summed E-state index contributed by atoms with van der Waals surface area (Å²) in [6.45, 7) is 1.91. The number of amides is 1. The molecule has 2 aliphatic heterocycles. The summed E-state index contributed by atoms with van der Waals surface area (Å²) in [5.74, 6) is 0.736. The van der Waals surface area contributed by atoms with Crippen LogP contribution in [0.15, 0.2) is 29.3 Å². The largest absolute Gasteiger partial charge is 0.497 e. The highest BCUT2D eigenvalue weighted by Gasteiger charge is 2.48. The number of fused-ring (bicyclic) bond motifs is 1. The topological polar surface area (TPSA) is 76.0 Å². The van der Waals surface area contributed by atoms with Crippen molar-refractivity contribution in [2.24, 2.45) is 4.99 Å². The van der Waals surface area contributed by atoms with E-state index in [1.54, 1.807) is 7.11 Å². The Bertz CT molecular complexity index is 760. The van der Waals surface area contributed by atoms with Crippen LogP contribution in [-0.2, 0) is 21.2 Å². The summed E-state index contributed by atoms with van der Waals surface area (Å²) in [6, 6.07) is 7.48. The second-order valence-corrected chi connectivity index (χ2v) is 9.05. The fraction of sp³-hybridized carbons (Fsp3) is 0.467. The Morgan fingerprint density at radius 1 is 1.43 bits per heavy atom. The number of hydrogen-bond donors (Lipinski definition) is 0. The zero-order valence-corrected chi connectivity index (χ0v) is 14.6. The molecule has 8 heteroatoms. The van der Waals surface area contributed by atoms with Crippen molar-refractivity contribution >= 4 is 32.7 Å². The van der Waals surface area contributed by atoms with E-state index >= 15 is 0 Å². The number of methoxy groups -OCH3 is 1. The van der Waals surface area contributed by atoms with Crippen molar-refractivity contribution < 1.29 is 17.9 Å². The molecule has 0 N–H and O–H groups in total. The van der Waals surface area contributed by atoms with Gasteiger partial charge in [0.2, 0.25) is 5.91 Å². The Morgan fingerprint density at radius 2 is 2.22 bits per heavy atom. The highest BCUT2D eigenvalue weighted by atomic mass is 32.2. The molecule has 2 aliphatic rings. The Hall–Kier alpha value is -1.54. The Balaban J connectivity index is 1.89. The van der Waals surface area contributed by atoms with Crippen LogP contribution in [0.2, 0.25) is 0 Å². The van der Waals surface area contributed by atoms with Crippen LogP contribution in [0.25, 0.3) is 0 Å². The molecule has 2 heterocycles. The average molecular weight is 354 g/mol. The number of thioether (sulfide) groups is 1. The molecule has 0 bridgehead atoms. The van der Waals surface area contributed by atoms with Crippen LogP contribution < -0.4 is 4.74 Å². The first-order valence-corrected chi connectivity index (χ1v) is 9.94. The minimum Gasteiger partial charge on any atom is -0.497 e. The first-order valence-electron chi connectivity index (χ1n) is 7.24. The van der Waals surface area contributed by atoms with Crippen LogP contribution >= 0.6 is 11.8 Å². The lowest BCUT2D eigenvalue weighted by Crippen LogP contribution is -2.37. The number of ether oxygens (including phenoxy) is 1. The number of aliphatic imine (C=N–C) groups is 1. The van der Waals surface area contributed by atoms with E-state index in [9.17, 15) is 13.2 Å². The van der Waals surface area contributed by atoms with E-state index in [2.05, 4.69) is 4.99 Å². The van der Waals surface area contributed by atoms with Gasteiger partial charge in [0.25, 0.3) is 0 Å². The van der Waals surface area contributed by atoms with E-state index in [1.165, 1.54) is 18.7 Å². The molecule has 124 valence electrons. The van der Waals surface area contributed by atoms with Gasteiger partial charge >= 0.3 is 0 Å². The number of rotatable bonds is 3. The smallest absolute Gasteiger partial charge is 0.244 e. The van der Waals surface area contributed by atoms with E-state index < -0.39 is 9.84 Å². The van der Waals surface area contributed by atoms with Crippen molar-refractivity contribution in [1.82, 2.24) is 4.90 Å². The number of benzene rings is 1. The summed E-state index contributed by atoms with van der Waals surface area (Å²) < 4.78 is 29.0. The monoisotopic (exact) mass is 354 g/mol. The molecule has 0 saturated carbocycles. The number of nitrogens with zero attached hydrogens (tertiary/aromatic N) is 2. The lowest BCUT2D eigenvalue weighted by molar-refractivity contribution is -0.115. The number of sulfone groups is 1. The van der Waals surface area contributed by atoms with Crippen molar-refractivity contribution in [1.29, 1.82) is 0 Å². The molecule has 2 atom stereocenters. The predicted octanol–water partition coefficient (Wildman–Crippen LogP) is 1.31. The normalized spacial score (nSPS) is 27.2. The van der Waals surface area contributed by atoms with Gasteiger partial charge in [0.05, 0.1) is 24.7 Å². The molecule has 0 spiro atoms. The summed E-state index contributed by atoms with van der Waals surface area (Å²) in [4.78, 5) is 17.4. The van der Waals surface area contributed by atoms with Gasteiger partial charge in [-0.3, -0.25) is 4.79 Å². The molecular formula is C15H18N2O4S2. The second-order valence-electron chi connectivity index (χ2n) is 5.69. The van der Waals surface area contributed by atoms with Gasteiger partial charge in [0.15, 0.2) is 15.0 Å². The fourth-order valence-electron chi connectivity index (χ4n) is 2.92. The fourth-order valence-corrected chi connectivity index (χ4v) is 6.92. The Kier molecular flexibility index (Phi) is 4.37. The molecule has 2 fully saturated rings. The summed E-state index contributed by atoms with van der Waals surface area (Å²) in [5.41, 5.74) is 0.992. The third-order valence-electron chi connectivity index (χ3n) is 3.92. The lowest BCUT2D eigenvalue weighted by Gasteiger charge is -2.24. The molecule has 0 aromatic heterocycles. The molecule has 1 amide bonds. The average Bonchev–Trinajstić information content (AvgIpc) is 2.92. The first-order chi connectivity index (χ1) is 10.9. The van der Waals surface area contributed by atoms with E-state index in [1.807, 2.05) is 29.2 Å². The molecular weight excluding hydrogens is 336 g/mol. The SMILES string of the molecule is COc1cccc(CN2C(=NC(C)=O)S[C@H]3CS(=O)(=O)C[C@H]32)c1. The number of carbonyl (C=O) groups excluding carboxylic acids is 1. The zero-order chi connectivity index (χ0) is 16.6. The van der Waals surface area contributed by atoms with Gasteiger partial charge in [-0.1, -0.05) is 23.9 Å². The molecule has 6 nitrogen and oxygen atoms in total. The highest BCUT2D eigenvalue weighted by Crippen LogP contribution is 2.39. The van der Waals surface area contributed by atoms with E-state index in [-0.39, 0.29) is 28.7 Å². The zero-order valence-electron chi connectivity index (χ0n) is 12.9. The molecule has 1 aromatic carbocycles. The first kappa shape index (κ1) is 16.3. The van der Waals surface area contributed by atoms with Crippen LogP contribution in [0, 0.1) is 0 Å². The van der Waals surface area contributed by atoms with Crippen LogP contribution in [0.1, 0.15) is 12.5 Å². The predicted molar refractivity (Wildman–Crippen MR) is 90.5 cm³/mol. The van der Waals surface area contributed by atoms with Gasteiger partial charge in [0, 0.05) is 18.7 Å². The molecule has 2 saturated heterocycles. The summed E-state index contributed by atoms with van der Waals surface area (Å²) in [6.07, 6.45) is 0. The molecule has 0 unspecified atom stereocenters. The van der Waals surface area contributed by atoms with Gasteiger partial charge in [-0.15, -0.1) is 0 Å². The summed E-state index contributed by atoms with van der Waals surface area (Å²) >= 11 is 1.39. The molecule has 3 rings (SSSR count). The van der Waals surface area contributed by atoms with Gasteiger partial charge in [0.1, 0.15) is 5.75 Å². The van der Waals surface area contributed by atoms with Crippen LogP contribution in [-0.4, -0.2) is 54.3 Å². The number of amidine groups is 1.